The number of esters is 3. The fourth-order valence-corrected chi connectivity index (χ4v) is 2.72. The number of carbonyl (C=O) groups excluding carboxylic acids is 3. The molecule has 5 atom stereocenters. The lowest BCUT2D eigenvalue weighted by atomic mass is 9.83. The van der Waals surface area contributed by atoms with Crippen molar-refractivity contribution < 1.29 is 38.4 Å². The fourth-order valence-electron chi connectivity index (χ4n) is 2.72. The van der Waals surface area contributed by atoms with Crippen LogP contribution in [0.25, 0.3) is 10.4 Å². The number of carbonyl (C=O) groups is 3. The summed E-state index contributed by atoms with van der Waals surface area (Å²) in [5.74, 6) is -2.22. The molecule has 1 fully saturated rings. The van der Waals surface area contributed by atoms with Gasteiger partial charge in [0.05, 0.1) is 6.10 Å². The number of hydrogen-bond donors (Lipinski definition) is 1. The molecule has 0 saturated carbocycles. The van der Waals surface area contributed by atoms with Crippen LogP contribution in [-0.2, 0) is 33.3 Å². The second-order valence-electron chi connectivity index (χ2n) is 5.55. The Morgan fingerprint density at radius 1 is 1.20 bits per heavy atom. The van der Waals surface area contributed by atoms with Crippen LogP contribution >= 0.6 is 0 Å². The summed E-state index contributed by atoms with van der Waals surface area (Å²) in [5.41, 5.74) is 6.55. The third kappa shape index (κ3) is 5.05. The second-order valence-corrected chi connectivity index (χ2v) is 5.55. The summed E-state index contributed by atoms with van der Waals surface area (Å²) in [6, 6.07) is 0. The molecule has 1 N–H and O–H groups in total. The van der Waals surface area contributed by atoms with Crippen molar-refractivity contribution in [1.82, 2.24) is 0 Å². The highest BCUT2D eigenvalue weighted by molar-refractivity contribution is 5.69. The highest BCUT2D eigenvalue weighted by Crippen LogP contribution is 2.38. The molecule has 1 heterocycles. The summed E-state index contributed by atoms with van der Waals surface area (Å²) in [4.78, 5) is 37.2. The zero-order valence-corrected chi connectivity index (χ0v) is 14.4. The van der Waals surface area contributed by atoms with Gasteiger partial charge in [0.15, 0.2) is 18.5 Å². The van der Waals surface area contributed by atoms with Crippen molar-refractivity contribution in [3.05, 3.63) is 10.4 Å². The first-order valence-electron chi connectivity index (χ1n) is 7.52. The average Bonchev–Trinajstić information content (AvgIpc) is 2.47. The smallest absolute Gasteiger partial charge is 0.303 e. The predicted molar refractivity (Wildman–Crippen MR) is 80.8 cm³/mol. The Kier molecular flexibility index (Phi) is 7.16. The first kappa shape index (κ1) is 20.7. The van der Waals surface area contributed by atoms with E-state index in [1.807, 2.05) is 0 Å². The Balaban J connectivity index is 3.39. The van der Waals surface area contributed by atoms with Crippen LogP contribution in [0.4, 0.5) is 0 Å². The van der Waals surface area contributed by atoms with Crippen molar-refractivity contribution in [1.29, 1.82) is 0 Å². The lowest BCUT2D eigenvalue weighted by Gasteiger charge is -2.49. The summed E-state index contributed by atoms with van der Waals surface area (Å²) < 4.78 is 21.0. The van der Waals surface area contributed by atoms with Gasteiger partial charge in [0, 0.05) is 38.6 Å². The Bertz CT molecular complexity index is 576. The van der Waals surface area contributed by atoms with E-state index in [-0.39, 0.29) is 13.0 Å². The Labute approximate surface area is 143 Å². The Morgan fingerprint density at radius 2 is 1.80 bits per heavy atom. The molecular formula is C14H21N3O8. The van der Waals surface area contributed by atoms with E-state index in [0.717, 1.165) is 20.8 Å². The topological polar surface area (TPSA) is 157 Å². The Morgan fingerprint density at radius 3 is 2.28 bits per heavy atom. The van der Waals surface area contributed by atoms with Gasteiger partial charge in [-0.15, -0.1) is 0 Å². The number of nitrogens with zero attached hydrogens (tertiary/aromatic N) is 3. The first-order chi connectivity index (χ1) is 11.6. The van der Waals surface area contributed by atoms with Gasteiger partial charge in [-0.05, 0) is 12.5 Å². The lowest BCUT2D eigenvalue weighted by molar-refractivity contribution is -0.329. The molecule has 0 bridgehead atoms. The van der Waals surface area contributed by atoms with Crippen LogP contribution in [0.5, 0.6) is 0 Å². The van der Waals surface area contributed by atoms with Crippen molar-refractivity contribution in [2.24, 2.45) is 5.11 Å². The molecule has 0 aromatic rings. The SMILES string of the molecule is CC(=O)O[C@H]1[C@H](C)O[C@@H](O)[C@](CCN=[N+]=[N-])(OC(C)=O)[C@@H]1OC(C)=O. The van der Waals surface area contributed by atoms with Crippen molar-refractivity contribution in [2.75, 3.05) is 6.54 Å². The Hall–Kier alpha value is -2.36. The van der Waals surface area contributed by atoms with Gasteiger partial charge in [-0.25, -0.2) is 0 Å². The van der Waals surface area contributed by atoms with Gasteiger partial charge in [-0.1, -0.05) is 5.11 Å². The van der Waals surface area contributed by atoms with Crippen LogP contribution in [0.1, 0.15) is 34.1 Å². The maximum Gasteiger partial charge on any atom is 0.303 e. The van der Waals surface area contributed by atoms with E-state index in [0.29, 0.717) is 0 Å². The zero-order valence-electron chi connectivity index (χ0n) is 14.4. The molecule has 25 heavy (non-hydrogen) atoms. The van der Waals surface area contributed by atoms with Crippen molar-refractivity contribution >= 4 is 17.9 Å². The molecule has 11 nitrogen and oxygen atoms in total. The van der Waals surface area contributed by atoms with E-state index in [1.165, 1.54) is 6.92 Å². The molecule has 0 aliphatic carbocycles. The van der Waals surface area contributed by atoms with Crippen LogP contribution in [0.3, 0.4) is 0 Å². The van der Waals surface area contributed by atoms with Crippen LogP contribution in [0.2, 0.25) is 0 Å². The number of aliphatic hydroxyl groups is 1. The van der Waals surface area contributed by atoms with E-state index in [9.17, 15) is 19.5 Å². The quantitative estimate of drug-likeness (QED) is 0.237. The van der Waals surface area contributed by atoms with E-state index < -0.39 is 48.1 Å². The van der Waals surface area contributed by atoms with Crippen molar-refractivity contribution in [2.45, 2.75) is 64.3 Å². The zero-order chi connectivity index (χ0) is 19.2. The van der Waals surface area contributed by atoms with Crippen LogP contribution in [-0.4, -0.2) is 59.8 Å². The first-order valence-corrected chi connectivity index (χ1v) is 7.52. The van der Waals surface area contributed by atoms with Gasteiger partial charge < -0.3 is 24.1 Å². The summed E-state index contributed by atoms with van der Waals surface area (Å²) >= 11 is 0. The number of rotatable bonds is 6. The van der Waals surface area contributed by atoms with Crippen molar-refractivity contribution in [3.63, 3.8) is 0 Å². The van der Waals surface area contributed by atoms with E-state index in [4.69, 9.17) is 24.5 Å². The molecule has 0 radical (unpaired) electrons. The molecule has 1 saturated heterocycles. The molecule has 1 aliphatic rings. The molecule has 1 aliphatic heterocycles. The van der Waals surface area contributed by atoms with E-state index in [2.05, 4.69) is 10.0 Å². The maximum atomic E-state index is 11.6. The summed E-state index contributed by atoms with van der Waals surface area (Å²) in [6.07, 6.45) is -5.27. The van der Waals surface area contributed by atoms with Gasteiger partial charge in [0.25, 0.3) is 0 Å². The third-order valence-electron chi connectivity index (χ3n) is 3.60. The largest absolute Gasteiger partial charge is 0.456 e. The van der Waals surface area contributed by atoms with Gasteiger partial charge in [-0.3, -0.25) is 14.4 Å². The molecule has 140 valence electrons. The lowest BCUT2D eigenvalue weighted by Crippen LogP contribution is -2.69. The molecule has 0 unspecified atom stereocenters. The third-order valence-corrected chi connectivity index (χ3v) is 3.60. The highest BCUT2D eigenvalue weighted by Gasteiger charge is 2.60. The number of hydrogen-bond acceptors (Lipinski definition) is 9. The van der Waals surface area contributed by atoms with Gasteiger partial charge >= 0.3 is 17.9 Å². The van der Waals surface area contributed by atoms with Crippen LogP contribution in [0, 0.1) is 0 Å². The summed E-state index contributed by atoms with van der Waals surface area (Å²) in [6.45, 7) is 4.66. The standard InChI is InChI=1S/C14H21N3O8/c1-7-11(23-8(2)18)12(24-9(3)19)14(13(21)22-7,25-10(4)20)5-6-16-17-15/h7,11-13,21H,5-6H2,1-4H3/t7-,11-,12+,13+,14+/m0/s1. The number of azide groups is 1. The second kappa shape index (κ2) is 8.65. The minimum atomic E-state index is -1.90. The van der Waals surface area contributed by atoms with Gasteiger partial charge in [-0.2, -0.15) is 0 Å². The molecule has 11 heteroatoms. The normalized spacial score (nSPS) is 31.4. The molecule has 1 rings (SSSR count). The molecular weight excluding hydrogens is 338 g/mol. The van der Waals surface area contributed by atoms with Crippen molar-refractivity contribution in [3.8, 4) is 0 Å². The minimum Gasteiger partial charge on any atom is -0.456 e. The summed E-state index contributed by atoms with van der Waals surface area (Å²) in [5, 5.41) is 13.8. The predicted octanol–water partition coefficient (Wildman–Crippen LogP) is 0.589. The minimum absolute atomic E-state index is 0.191. The molecule has 0 spiro atoms. The molecule has 0 aromatic heterocycles. The van der Waals surface area contributed by atoms with E-state index in [1.54, 1.807) is 0 Å². The number of aliphatic hydroxyl groups excluding tert-OH is 1. The van der Waals surface area contributed by atoms with E-state index >= 15 is 0 Å². The molecule has 0 aromatic carbocycles. The van der Waals surface area contributed by atoms with Gasteiger partial charge in [0.1, 0.15) is 0 Å². The van der Waals surface area contributed by atoms with Crippen LogP contribution in [0.15, 0.2) is 5.11 Å². The molecule has 0 amide bonds. The van der Waals surface area contributed by atoms with Crippen LogP contribution < -0.4 is 0 Å². The fraction of sp³-hybridized carbons (Fsp3) is 0.786. The summed E-state index contributed by atoms with van der Waals surface area (Å²) in [7, 11) is 0. The number of ether oxygens (including phenoxy) is 4. The maximum absolute atomic E-state index is 11.6. The van der Waals surface area contributed by atoms with Gasteiger partial charge in [0.2, 0.25) is 5.60 Å². The average molecular weight is 359 g/mol. The highest BCUT2D eigenvalue weighted by atomic mass is 16.7. The monoisotopic (exact) mass is 359 g/mol.